The Bertz CT molecular complexity index is 693. The molecule has 0 spiro atoms. The van der Waals surface area contributed by atoms with Crippen molar-refractivity contribution in [3.05, 3.63) is 34.7 Å². The average Bonchev–Trinajstić information content (AvgIpc) is 3.02. The molecule has 6 heteroatoms. The number of nitrogens with zero attached hydrogens (tertiary/aromatic N) is 2. The molecule has 2 aromatic rings. The summed E-state index contributed by atoms with van der Waals surface area (Å²) in [7, 11) is 0. The van der Waals surface area contributed by atoms with E-state index >= 15 is 0 Å². The second kappa shape index (κ2) is 7.88. The Morgan fingerprint density at radius 3 is 2.88 bits per heavy atom. The van der Waals surface area contributed by atoms with E-state index in [1.807, 2.05) is 36.6 Å². The number of likely N-dealkylation sites (tertiary alicyclic amines) is 1. The van der Waals surface area contributed by atoms with Crippen LogP contribution in [0.3, 0.4) is 0 Å². The number of hydrogen-bond acceptors (Lipinski definition) is 5. The minimum absolute atomic E-state index is 0.00376. The molecule has 24 heavy (non-hydrogen) atoms. The highest BCUT2D eigenvalue weighted by Gasteiger charge is 2.20. The van der Waals surface area contributed by atoms with Crippen LogP contribution in [0.1, 0.15) is 17.8 Å². The molecule has 0 radical (unpaired) electrons. The molecule has 1 fully saturated rings. The van der Waals surface area contributed by atoms with Gasteiger partial charge in [-0.15, -0.1) is 11.3 Å². The first-order valence-corrected chi connectivity index (χ1v) is 9.17. The molecule has 0 atom stereocenters. The molecular weight excluding hydrogens is 322 g/mol. The molecule has 5 nitrogen and oxygen atoms in total. The fourth-order valence-electron chi connectivity index (χ4n) is 2.98. The second-order valence-corrected chi connectivity index (χ2v) is 7.35. The Kier molecular flexibility index (Phi) is 5.60. The van der Waals surface area contributed by atoms with Gasteiger partial charge in [-0.25, -0.2) is 4.98 Å². The molecule has 0 bridgehead atoms. The number of aliphatic hydroxyl groups excluding tert-OH is 1. The number of aromatic nitrogens is 1. The molecule has 1 aliphatic heterocycles. The predicted octanol–water partition coefficient (Wildman–Crippen LogP) is 2.76. The van der Waals surface area contributed by atoms with E-state index in [4.69, 9.17) is 0 Å². The van der Waals surface area contributed by atoms with E-state index in [1.165, 1.54) is 0 Å². The molecule has 1 aliphatic rings. The number of benzene rings is 1. The van der Waals surface area contributed by atoms with Crippen LogP contribution < -0.4 is 5.32 Å². The zero-order valence-electron chi connectivity index (χ0n) is 13.9. The molecule has 0 aliphatic carbocycles. The lowest BCUT2D eigenvalue weighted by atomic mass is 9.98. The van der Waals surface area contributed by atoms with Gasteiger partial charge >= 0.3 is 0 Å². The van der Waals surface area contributed by atoms with Gasteiger partial charge < -0.3 is 10.4 Å². The fourth-order valence-corrected chi connectivity index (χ4v) is 3.61. The minimum atomic E-state index is 0.00376. The van der Waals surface area contributed by atoms with Crippen LogP contribution in [-0.4, -0.2) is 47.1 Å². The van der Waals surface area contributed by atoms with Gasteiger partial charge in [0, 0.05) is 23.2 Å². The number of anilines is 1. The molecule has 0 saturated carbocycles. The number of hydrogen-bond donors (Lipinski definition) is 2. The summed E-state index contributed by atoms with van der Waals surface area (Å²) in [6.45, 7) is 4.38. The van der Waals surface area contributed by atoms with Crippen LogP contribution >= 0.6 is 11.3 Å². The first-order chi connectivity index (χ1) is 11.6. The van der Waals surface area contributed by atoms with E-state index in [1.54, 1.807) is 11.3 Å². The number of piperidine rings is 1. The summed E-state index contributed by atoms with van der Waals surface area (Å²) < 4.78 is 0. The smallest absolute Gasteiger partial charge is 0.238 e. The van der Waals surface area contributed by atoms with Crippen molar-refractivity contribution in [3.63, 3.8) is 0 Å². The molecule has 2 heterocycles. The van der Waals surface area contributed by atoms with Gasteiger partial charge in [0.15, 0.2) is 0 Å². The maximum Gasteiger partial charge on any atom is 0.238 e. The maximum absolute atomic E-state index is 12.3. The lowest BCUT2D eigenvalue weighted by molar-refractivity contribution is -0.117. The van der Waals surface area contributed by atoms with Crippen molar-refractivity contribution in [1.82, 2.24) is 9.88 Å². The van der Waals surface area contributed by atoms with Crippen molar-refractivity contribution in [1.29, 1.82) is 0 Å². The molecule has 1 aromatic heterocycles. The minimum Gasteiger partial charge on any atom is -0.396 e. The highest BCUT2D eigenvalue weighted by Crippen LogP contribution is 2.24. The number of amides is 1. The van der Waals surface area contributed by atoms with Crippen molar-refractivity contribution < 1.29 is 9.90 Å². The number of aryl methyl sites for hydroxylation is 1. The zero-order valence-corrected chi connectivity index (χ0v) is 14.7. The standard InChI is InChI=1S/C18H23N3O2S/c1-13-19-17(12-24-13)15-3-2-4-16(9-15)20-18(23)10-21-7-5-14(11-22)6-8-21/h2-4,9,12,14,22H,5-8,10-11H2,1H3,(H,20,23). The summed E-state index contributed by atoms with van der Waals surface area (Å²) in [6.07, 6.45) is 1.92. The SMILES string of the molecule is Cc1nc(-c2cccc(NC(=O)CN3CCC(CO)CC3)c2)cs1. The van der Waals surface area contributed by atoms with Gasteiger partial charge in [-0.1, -0.05) is 12.1 Å². The Morgan fingerprint density at radius 2 is 2.21 bits per heavy atom. The Labute approximate surface area is 146 Å². The van der Waals surface area contributed by atoms with E-state index < -0.39 is 0 Å². The topological polar surface area (TPSA) is 65.5 Å². The third-order valence-corrected chi connectivity index (χ3v) is 5.17. The van der Waals surface area contributed by atoms with Gasteiger partial charge in [0.1, 0.15) is 0 Å². The highest BCUT2D eigenvalue weighted by molar-refractivity contribution is 7.09. The van der Waals surface area contributed by atoms with Gasteiger partial charge in [0.05, 0.1) is 17.2 Å². The highest BCUT2D eigenvalue weighted by atomic mass is 32.1. The molecular formula is C18H23N3O2S. The Balaban J connectivity index is 1.57. The maximum atomic E-state index is 12.3. The second-order valence-electron chi connectivity index (χ2n) is 6.28. The Morgan fingerprint density at radius 1 is 1.42 bits per heavy atom. The normalized spacial score (nSPS) is 16.2. The van der Waals surface area contributed by atoms with Crippen LogP contribution in [0.2, 0.25) is 0 Å². The fraction of sp³-hybridized carbons (Fsp3) is 0.444. The predicted molar refractivity (Wildman–Crippen MR) is 97.2 cm³/mol. The molecule has 2 N–H and O–H groups in total. The van der Waals surface area contributed by atoms with Gasteiger partial charge in [0.2, 0.25) is 5.91 Å². The third-order valence-electron chi connectivity index (χ3n) is 4.39. The number of carbonyl (C=O) groups is 1. The quantitative estimate of drug-likeness (QED) is 0.874. The largest absolute Gasteiger partial charge is 0.396 e. The van der Waals surface area contributed by atoms with Crippen molar-refractivity contribution in [3.8, 4) is 11.3 Å². The van der Waals surface area contributed by atoms with E-state index in [-0.39, 0.29) is 12.5 Å². The van der Waals surface area contributed by atoms with Crippen molar-refractivity contribution in [2.45, 2.75) is 19.8 Å². The molecule has 1 saturated heterocycles. The monoisotopic (exact) mass is 345 g/mol. The van der Waals surface area contributed by atoms with Crippen molar-refractivity contribution in [2.24, 2.45) is 5.92 Å². The first kappa shape index (κ1) is 17.1. The van der Waals surface area contributed by atoms with Gasteiger partial charge in [0.25, 0.3) is 0 Å². The number of rotatable bonds is 5. The average molecular weight is 345 g/mol. The number of thiazole rings is 1. The number of aliphatic hydroxyl groups is 1. The summed E-state index contributed by atoms with van der Waals surface area (Å²) in [6, 6.07) is 7.80. The molecule has 1 amide bonds. The summed E-state index contributed by atoms with van der Waals surface area (Å²) in [5.74, 6) is 0.395. The molecule has 1 aromatic carbocycles. The van der Waals surface area contributed by atoms with Crippen LogP contribution in [-0.2, 0) is 4.79 Å². The summed E-state index contributed by atoms with van der Waals surface area (Å²) in [5.41, 5.74) is 2.76. The lowest BCUT2D eigenvalue weighted by Crippen LogP contribution is -2.39. The van der Waals surface area contributed by atoms with Crippen LogP contribution in [0.15, 0.2) is 29.6 Å². The molecule has 0 unspecified atom stereocenters. The summed E-state index contributed by atoms with van der Waals surface area (Å²) >= 11 is 1.62. The zero-order chi connectivity index (χ0) is 16.9. The van der Waals surface area contributed by atoms with E-state index in [0.29, 0.717) is 12.5 Å². The third kappa shape index (κ3) is 4.41. The van der Waals surface area contributed by atoms with Crippen LogP contribution in [0.4, 0.5) is 5.69 Å². The van der Waals surface area contributed by atoms with E-state index in [9.17, 15) is 9.90 Å². The summed E-state index contributed by atoms with van der Waals surface area (Å²) in [4.78, 5) is 18.9. The van der Waals surface area contributed by atoms with Crippen molar-refractivity contribution in [2.75, 3.05) is 31.6 Å². The van der Waals surface area contributed by atoms with Gasteiger partial charge in [-0.2, -0.15) is 0 Å². The first-order valence-electron chi connectivity index (χ1n) is 8.29. The van der Waals surface area contributed by atoms with Crippen molar-refractivity contribution >= 4 is 22.9 Å². The van der Waals surface area contributed by atoms with Gasteiger partial charge in [-0.3, -0.25) is 9.69 Å². The lowest BCUT2D eigenvalue weighted by Gasteiger charge is -2.30. The Hall–Kier alpha value is -1.76. The van der Waals surface area contributed by atoms with Crippen LogP contribution in [0.5, 0.6) is 0 Å². The number of carbonyl (C=O) groups excluding carboxylic acids is 1. The molecule has 3 rings (SSSR count). The molecule has 128 valence electrons. The van der Waals surface area contributed by atoms with Crippen LogP contribution in [0.25, 0.3) is 11.3 Å². The van der Waals surface area contributed by atoms with E-state index in [2.05, 4.69) is 15.2 Å². The number of nitrogens with one attached hydrogen (secondary N) is 1. The summed E-state index contributed by atoms with van der Waals surface area (Å²) in [5, 5.41) is 15.2. The van der Waals surface area contributed by atoms with Gasteiger partial charge in [-0.05, 0) is 50.9 Å². The van der Waals surface area contributed by atoms with E-state index in [0.717, 1.165) is 47.9 Å². The van der Waals surface area contributed by atoms with Crippen LogP contribution in [0, 0.1) is 12.8 Å².